The number of nitriles is 1. The molecule has 0 bridgehead atoms. The van der Waals surface area contributed by atoms with Crippen molar-refractivity contribution in [3.8, 4) is 6.07 Å². The van der Waals surface area contributed by atoms with Crippen molar-refractivity contribution in [3.63, 3.8) is 0 Å². The summed E-state index contributed by atoms with van der Waals surface area (Å²) in [5.41, 5.74) is 1.66. The Labute approximate surface area is 112 Å². The van der Waals surface area contributed by atoms with Crippen LogP contribution in [0, 0.1) is 16.7 Å². The third-order valence-electron chi connectivity index (χ3n) is 4.12. The Balaban J connectivity index is 1.98. The Morgan fingerprint density at radius 3 is 3.21 bits per heavy atom. The molecule has 0 aromatic carbocycles. The van der Waals surface area contributed by atoms with Gasteiger partial charge in [0, 0.05) is 19.3 Å². The van der Waals surface area contributed by atoms with Gasteiger partial charge in [-0.15, -0.1) is 0 Å². The minimum absolute atomic E-state index is 0.234. The van der Waals surface area contributed by atoms with Gasteiger partial charge in [-0.05, 0) is 25.3 Å². The standard InChI is InChI=1S/C14H17N5/c1-2-14(8-15)5-3-7-19(9-14)13-12-11(4-6-16-12)17-10-18-13/h4,6,10,16H,2-3,5,7,9H2,1H3. The quantitative estimate of drug-likeness (QED) is 0.895. The zero-order chi connectivity index (χ0) is 13.3. The van der Waals surface area contributed by atoms with Gasteiger partial charge in [-0.3, -0.25) is 0 Å². The third kappa shape index (κ3) is 1.93. The maximum Gasteiger partial charge on any atom is 0.156 e. The molecule has 5 heteroatoms. The van der Waals surface area contributed by atoms with Gasteiger partial charge in [0.1, 0.15) is 11.8 Å². The minimum atomic E-state index is -0.234. The number of anilines is 1. The molecule has 1 aliphatic rings. The molecule has 1 fully saturated rings. The second kappa shape index (κ2) is 4.54. The Hall–Kier alpha value is -2.09. The lowest BCUT2D eigenvalue weighted by Crippen LogP contribution is -2.42. The van der Waals surface area contributed by atoms with Gasteiger partial charge in [0.25, 0.3) is 0 Å². The van der Waals surface area contributed by atoms with E-state index in [1.54, 1.807) is 6.33 Å². The molecule has 0 spiro atoms. The Kier molecular flexibility index (Phi) is 2.86. The van der Waals surface area contributed by atoms with Crippen molar-refractivity contribution in [2.75, 3.05) is 18.0 Å². The molecule has 2 aromatic rings. The second-order valence-corrected chi connectivity index (χ2v) is 5.21. The van der Waals surface area contributed by atoms with Gasteiger partial charge in [-0.25, -0.2) is 9.97 Å². The van der Waals surface area contributed by atoms with Crippen molar-refractivity contribution in [3.05, 3.63) is 18.6 Å². The molecule has 19 heavy (non-hydrogen) atoms. The summed E-state index contributed by atoms with van der Waals surface area (Å²) in [6.07, 6.45) is 6.38. The summed E-state index contributed by atoms with van der Waals surface area (Å²) in [5, 5.41) is 9.46. The molecular weight excluding hydrogens is 238 g/mol. The minimum Gasteiger partial charge on any atom is -0.357 e. The number of fused-ring (bicyclic) bond motifs is 1. The molecule has 0 radical (unpaired) electrons. The molecular formula is C14H17N5. The number of nitrogens with one attached hydrogen (secondary N) is 1. The van der Waals surface area contributed by atoms with Crippen LogP contribution in [0.4, 0.5) is 5.82 Å². The number of aromatic nitrogens is 3. The maximum absolute atomic E-state index is 9.46. The lowest BCUT2D eigenvalue weighted by atomic mass is 9.79. The fourth-order valence-electron chi connectivity index (χ4n) is 2.87. The number of hydrogen-bond acceptors (Lipinski definition) is 4. The molecule has 0 amide bonds. The van der Waals surface area contributed by atoms with E-state index in [2.05, 4.69) is 32.8 Å². The molecule has 1 N–H and O–H groups in total. The molecule has 3 rings (SSSR count). The van der Waals surface area contributed by atoms with E-state index >= 15 is 0 Å². The fraction of sp³-hybridized carbons (Fsp3) is 0.500. The number of nitrogens with zero attached hydrogens (tertiary/aromatic N) is 4. The number of hydrogen-bond donors (Lipinski definition) is 1. The first-order chi connectivity index (χ1) is 9.28. The molecule has 1 unspecified atom stereocenters. The number of aromatic amines is 1. The van der Waals surface area contributed by atoms with Crippen LogP contribution in [0.5, 0.6) is 0 Å². The summed E-state index contributed by atoms with van der Waals surface area (Å²) in [6, 6.07) is 4.46. The lowest BCUT2D eigenvalue weighted by molar-refractivity contribution is 0.306. The summed E-state index contributed by atoms with van der Waals surface area (Å²) >= 11 is 0. The molecule has 0 aliphatic carbocycles. The van der Waals surface area contributed by atoms with Gasteiger partial charge in [0.2, 0.25) is 0 Å². The molecule has 2 aromatic heterocycles. The van der Waals surface area contributed by atoms with E-state index in [1.165, 1.54) is 0 Å². The number of H-pyrrole nitrogens is 1. The van der Waals surface area contributed by atoms with E-state index in [-0.39, 0.29) is 5.41 Å². The SMILES string of the molecule is CCC1(C#N)CCCN(c2ncnc3cc[nH]c23)C1. The van der Waals surface area contributed by atoms with Gasteiger partial charge in [0.15, 0.2) is 5.82 Å². The van der Waals surface area contributed by atoms with Crippen molar-refractivity contribution in [1.82, 2.24) is 15.0 Å². The van der Waals surface area contributed by atoms with Crippen molar-refractivity contribution in [2.45, 2.75) is 26.2 Å². The molecule has 98 valence electrons. The van der Waals surface area contributed by atoms with E-state index in [0.29, 0.717) is 0 Å². The highest BCUT2D eigenvalue weighted by atomic mass is 15.2. The fourth-order valence-corrected chi connectivity index (χ4v) is 2.87. The van der Waals surface area contributed by atoms with Gasteiger partial charge in [-0.1, -0.05) is 6.92 Å². The average molecular weight is 255 g/mol. The summed E-state index contributed by atoms with van der Waals surface area (Å²) in [4.78, 5) is 14.1. The number of piperidine rings is 1. The van der Waals surface area contributed by atoms with Gasteiger partial charge < -0.3 is 9.88 Å². The number of rotatable bonds is 2. The van der Waals surface area contributed by atoms with E-state index in [0.717, 1.165) is 49.2 Å². The van der Waals surface area contributed by atoms with Gasteiger partial charge in [-0.2, -0.15) is 5.26 Å². The third-order valence-corrected chi connectivity index (χ3v) is 4.12. The normalized spacial score (nSPS) is 23.5. The first kappa shape index (κ1) is 12.0. The van der Waals surface area contributed by atoms with Gasteiger partial charge in [0.05, 0.1) is 17.0 Å². The predicted molar refractivity (Wildman–Crippen MR) is 73.7 cm³/mol. The van der Waals surface area contributed by atoms with Gasteiger partial charge >= 0.3 is 0 Å². The average Bonchev–Trinajstić information content (AvgIpc) is 2.95. The lowest BCUT2D eigenvalue weighted by Gasteiger charge is -2.38. The highest BCUT2D eigenvalue weighted by molar-refractivity contribution is 5.85. The van der Waals surface area contributed by atoms with Crippen LogP contribution in [0.2, 0.25) is 0 Å². The molecule has 3 heterocycles. The Morgan fingerprint density at radius 2 is 2.42 bits per heavy atom. The zero-order valence-electron chi connectivity index (χ0n) is 11.1. The molecule has 5 nitrogen and oxygen atoms in total. The van der Waals surface area contributed by atoms with Crippen LogP contribution in [0.1, 0.15) is 26.2 Å². The first-order valence-corrected chi connectivity index (χ1v) is 6.72. The highest BCUT2D eigenvalue weighted by Gasteiger charge is 2.35. The van der Waals surface area contributed by atoms with E-state index in [1.807, 2.05) is 12.3 Å². The van der Waals surface area contributed by atoms with Crippen molar-refractivity contribution < 1.29 is 0 Å². The Morgan fingerprint density at radius 1 is 1.53 bits per heavy atom. The van der Waals surface area contributed by atoms with E-state index in [4.69, 9.17) is 0 Å². The molecule has 1 aliphatic heterocycles. The summed E-state index contributed by atoms with van der Waals surface area (Å²) < 4.78 is 0. The van der Waals surface area contributed by atoms with Crippen molar-refractivity contribution >= 4 is 16.9 Å². The van der Waals surface area contributed by atoms with Crippen molar-refractivity contribution in [2.24, 2.45) is 5.41 Å². The highest BCUT2D eigenvalue weighted by Crippen LogP contribution is 2.35. The monoisotopic (exact) mass is 255 g/mol. The topological polar surface area (TPSA) is 68.6 Å². The summed E-state index contributed by atoms with van der Waals surface area (Å²) in [6.45, 7) is 3.80. The zero-order valence-corrected chi connectivity index (χ0v) is 11.1. The van der Waals surface area contributed by atoms with Crippen LogP contribution in [0.15, 0.2) is 18.6 Å². The van der Waals surface area contributed by atoms with Crippen LogP contribution in [0.3, 0.4) is 0 Å². The molecule has 1 atom stereocenters. The maximum atomic E-state index is 9.46. The smallest absolute Gasteiger partial charge is 0.156 e. The van der Waals surface area contributed by atoms with Crippen LogP contribution >= 0.6 is 0 Å². The Bertz CT molecular complexity index is 626. The molecule has 0 saturated carbocycles. The largest absolute Gasteiger partial charge is 0.357 e. The second-order valence-electron chi connectivity index (χ2n) is 5.21. The van der Waals surface area contributed by atoms with Crippen LogP contribution in [-0.2, 0) is 0 Å². The summed E-state index contributed by atoms with van der Waals surface area (Å²) in [5.74, 6) is 0.919. The van der Waals surface area contributed by atoms with Crippen LogP contribution in [0.25, 0.3) is 11.0 Å². The predicted octanol–water partition coefficient (Wildman–Crippen LogP) is 2.48. The van der Waals surface area contributed by atoms with Crippen molar-refractivity contribution in [1.29, 1.82) is 5.26 Å². The van der Waals surface area contributed by atoms with Crippen LogP contribution in [-0.4, -0.2) is 28.0 Å². The molecule has 1 saturated heterocycles. The summed E-state index contributed by atoms with van der Waals surface area (Å²) in [7, 11) is 0. The first-order valence-electron chi connectivity index (χ1n) is 6.72. The van der Waals surface area contributed by atoms with Crippen LogP contribution < -0.4 is 4.90 Å². The van der Waals surface area contributed by atoms with E-state index in [9.17, 15) is 5.26 Å². The van der Waals surface area contributed by atoms with E-state index < -0.39 is 0 Å².